The fourth-order valence-electron chi connectivity index (χ4n) is 5.79. The first-order valence-electron chi connectivity index (χ1n) is 14.2. The molecule has 40 heavy (non-hydrogen) atoms. The van der Waals surface area contributed by atoms with Gasteiger partial charge < -0.3 is 20.3 Å². The van der Waals surface area contributed by atoms with Crippen LogP contribution < -0.4 is 10.5 Å². The number of rotatable bonds is 10. The summed E-state index contributed by atoms with van der Waals surface area (Å²) in [6.45, 7) is 1.35. The number of amides is 1. The highest BCUT2D eigenvalue weighted by Crippen LogP contribution is 2.36. The van der Waals surface area contributed by atoms with Crippen molar-refractivity contribution >= 4 is 31.0 Å². The number of pyridine rings is 1. The van der Waals surface area contributed by atoms with E-state index in [2.05, 4.69) is 22.0 Å². The highest BCUT2D eigenvalue weighted by atomic mass is 32.1. The maximum absolute atomic E-state index is 13.2. The predicted octanol–water partition coefficient (Wildman–Crippen LogP) is 6.18. The third kappa shape index (κ3) is 7.56. The number of para-hydroxylation sites is 1. The molecule has 0 bridgehead atoms. The first-order valence-corrected chi connectivity index (χ1v) is 14.2. The number of fused-ring (bicyclic) bond motifs is 1. The van der Waals surface area contributed by atoms with Crippen molar-refractivity contribution in [2.24, 2.45) is 16.6 Å². The standard InChI is InChI=1S/C32H39N5O2.H2S/c1-36(20-19-24-11-5-2-6-12-24)31(38)18-17-29(25-13-7-3-8-14-25)37-23-26-21-30(34-22-28(26)35-32(37)33)39-27-15-9-4-10-16-27;/h2,4-6,9-12,15-16,21-22,25,29H,3,7-8,13-14,17-20,23H2,1H3,(H2,33,35);1H2/t29-;/m0./s1. The van der Waals surface area contributed by atoms with Crippen molar-refractivity contribution < 1.29 is 9.53 Å². The van der Waals surface area contributed by atoms with Gasteiger partial charge in [0.15, 0.2) is 5.96 Å². The smallest absolute Gasteiger partial charge is 0.222 e. The van der Waals surface area contributed by atoms with Crippen molar-refractivity contribution in [2.75, 3.05) is 13.6 Å². The molecule has 0 saturated heterocycles. The van der Waals surface area contributed by atoms with E-state index in [0.29, 0.717) is 30.7 Å². The minimum atomic E-state index is 0. The zero-order valence-electron chi connectivity index (χ0n) is 23.3. The second-order valence-electron chi connectivity index (χ2n) is 10.7. The molecule has 2 N–H and O–H groups in total. The fraction of sp³-hybridized carbons (Fsp3) is 0.406. The van der Waals surface area contributed by atoms with Crippen LogP contribution >= 0.6 is 13.5 Å². The van der Waals surface area contributed by atoms with Crippen LogP contribution in [0.5, 0.6) is 11.6 Å². The zero-order valence-corrected chi connectivity index (χ0v) is 24.3. The summed E-state index contributed by atoms with van der Waals surface area (Å²) in [5.41, 5.74) is 9.63. The maximum Gasteiger partial charge on any atom is 0.222 e. The maximum atomic E-state index is 13.2. The number of hydrogen-bond donors (Lipinski definition) is 1. The van der Waals surface area contributed by atoms with E-state index in [1.807, 2.05) is 66.5 Å². The molecule has 1 aliphatic carbocycles. The quantitative estimate of drug-likeness (QED) is 0.321. The number of aromatic nitrogens is 1. The van der Waals surface area contributed by atoms with Gasteiger partial charge >= 0.3 is 0 Å². The van der Waals surface area contributed by atoms with Crippen molar-refractivity contribution in [3.8, 4) is 11.6 Å². The average Bonchev–Trinajstić information content (AvgIpc) is 2.98. The molecule has 7 nitrogen and oxygen atoms in total. The molecule has 5 rings (SSSR count). The Morgan fingerprint density at radius 3 is 2.50 bits per heavy atom. The molecule has 2 aromatic carbocycles. The predicted molar refractivity (Wildman–Crippen MR) is 165 cm³/mol. The molecular formula is C32H41N5O2S. The number of guanidine groups is 1. The Morgan fingerprint density at radius 2 is 1.77 bits per heavy atom. The molecule has 2 aliphatic rings. The topological polar surface area (TPSA) is 84.0 Å². The van der Waals surface area contributed by atoms with Gasteiger partial charge in [-0.1, -0.05) is 67.8 Å². The second-order valence-corrected chi connectivity index (χ2v) is 10.7. The molecule has 212 valence electrons. The third-order valence-electron chi connectivity index (χ3n) is 8.03. The first-order chi connectivity index (χ1) is 19.1. The van der Waals surface area contributed by atoms with Crippen LogP contribution in [-0.2, 0) is 17.8 Å². The Bertz CT molecular complexity index is 1260. The van der Waals surface area contributed by atoms with E-state index < -0.39 is 0 Å². The van der Waals surface area contributed by atoms with Gasteiger partial charge in [-0.25, -0.2) is 9.98 Å². The number of benzene rings is 2. The Balaban J connectivity index is 0.00000370. The lowest BCUT2D eigenvalue weighted by atomic mass is 9.81. The number of nitrogens with zero attached hydrogens (tertiary/aromatic N) is 4. The Hall–Kier alpha value is -3.52. The molecule has 1 fully saturated rings. The van der Waals surface area contributed by atoms with E-state index in [1.54, 1.807) is 6.20 Å². The van der Waals surface area contributed by atoms with Crippen LogP contribution in [0.1, 0.15) is 56.1 Å². The van der Waals surface area contributed by atoms with Crippen LogP contribution in [0.3, 0.4) is 0 Å². The molecule has 1 aromatic heterocycles. The lowest BCUT2D eigenvalue weighted by Crippen LogP contribution is -2.49. The lowest BCUT2D eigenvalue weighted by molar-refractivity contribution is -0.130. The van der Waals surface area contributed by atoms with Crippen molar-refractivity contribution in [3.05, 3.63) is 84.1 Å². The molecule has 8 heteroatoms. The van der Waals surface area contributed by atoms with Gasteiger partial charge in [0.2, 0.25) is 11.8 Å². The summed E-state index contributed by atoms with van der Waals surface area (Å²) in [6, 6.07) is 22.1. The number of aliphatic imine (C=N–C) groups is 1. The van der Waals surface area contributed by atoms with Gasteiger partial charge in [-0.05, 0) is 49.3 Å². The molecule has 0 radical (unpaired) electrons. The minimum Gasteiger partial charge on any atom is -0.439 e. The second kappa shape index (κ2) is 14.2. The monoisotopic (exact) mass is 559 g/mol. The summed E-state index contributed by atoms with van der Waals surface area (Å²) in [6.07, 6.45) is 9.93. The van der Waals surface area contributed by atoms with Crippen LogP contribution in [0.15, 0.2) is 77.9 Å². The minimum absolute atomic E-state index is 0. The van der Waals surface area contributed by atoms with Gasteiger partial charge in [-0.3, -0.25) is 4.79 Å². The van der Waals surface area contributed by atoms with Crippen molar-refractivity contribution in [2.45, 2.75) is 64.0 Å². The van der Waals surface area contributed by atoms with E-state index in [0.717, 1.165) is 49.2 Å². The van der Waals surface area contributed by atoms with Crippen LogP contribution in [0, 0.1) is 5.92 Å². The largest absolute Gasteiger partial charge is 0.439 e. The molecule has 1 amide bonds. The van der Waals surface area contributed by atoms with E-state index in [1.165, 1.54) is 24.8 Å². The van der Waals surface area contributed by atoms with Crippen LogP contribution in [0.25, 0.3) is 0 Å². The highest BCUT2D eigenvalue weighted by molar-refractivity contribution is 7.59. The third-order valence-corrected chi connectivity index (χ3v) is 8.03. The average molecular weight is 560 g/mol. The SMILES string of the molecule is CN(CCc1ccccc1)C(=O)CC[C@@H](C1CCCCC1)N1Cc2cc(Oc3ccccc3)ncc2N=C1N.S. The van der Waals surface area contributed by atoms with Gasteiger partial charge in [-0.15, -0.1) is 0 Å². The molecule has 0 unspecified atom stereocenters. The van der Waals surface area contributed by atoms with Gasteiger partial charge in [0.05, 0.1) is 11.9 Å². The Kier molecular flexibility index (Phi) is 10.5. The summed E-state index contributed by atoms with van der Waals surface area (Å²) >= 11 is 0. The Labute approximate surface area is 244 Å². The van der Waals surface area contributed by atoms with Crippen LogP contribution in [0.2, 0.25) is 0 Å². The molecule has 2 heterocycles. The van der Waals surface area contributed by atoms with Gasteiger partial charge in [-0.2, -0.15) is 13.5 Å². The van der Waals surface area contributed by atoms with Crippen LogP contribution in [-0.4, -0.2) is 46.3 Å². The number of hydrogen-bond acceptors (Lipinski definition) is 6. The summed E-state index contributed by atoms with van der Waals surface area (Å²) < 4.78 is 5.98. The molecule has 1 aliphatic heterocycles. The molecule has 1 saturated carbocycles. The number of nitrogens with two attached hydrogens (primary N) is 1. The molecule has 1 atom stereocenters. The number of ether oxygens (including phenoxy) is 1. The molecule has 0 spiro atoms. The summed E-state index contributed by atoms with van der Waals surface area (Å²) in [5.74, 6) is 2.48. The fourth-order valence-corrected chi connectivity index (χ4v) is 5.79. The zero-order chi connectivity index (χ0) is 27.0. The van der Waals surface area contributed by atoms with Crippen molar-refractivity contribution in [1.29, 1.82) is 0 Å². The van der Waals surface area contributed by atoms with Gasteiger partial charge in [0.25, 0.3) is 0 Å². The first kappa shape index (κ1) is 29.5. The van der Waals surface area contributed by atoms with E-state index >= 15 is 0 Å². The number of likely N-dealkylation sites (N-methyl/N-ethyl adjacent to an activating group) is 1. The summed E-state index contributed by atoms with van der Waals surface area (Å²) in [5, 5.41) is 0. The van der Waals surface area contributed by atoms with E-state index in [-0.39, 0.29) is 25.4 Å². The van der Waals surface area contributed by atoms with E-state index in [4.69, 9.17) is 15.5 Å². The Morgan fingerprint density at radius 1 is 1.07 bits per heavy atom. The lowest BCUT2D eigenvalue weighted by Gasteiger charge is -2.41. The number of carbonyl (C=O) groups excluding carboxylic acids is 1. The molecule has 3 aromatic rings. The highest BCUT2D eigenvalue weighted by Gasteiger charge is 2.33. The summed E-state index contributed by atoms with van der Waals surface area (Å²) in [4.78, 5) is 26.4. The van der Waals surface area contributed by atoms with Gasteiger partial charge in [0, 0.05) is 44.2 Å². The van der Waals surface area contributed by atoms with Gasteiger partial charge in [0.1, 0.15) is 5.75 Å². The van der Waals surface area contributed by atoms with Crippen LogP contribution in [0.4, 0.5) is 5.69 Å². The molecular weight excluding hydrogens is 518 g/mol. The van der Waals surface area contributed by atoms with Crippen molar-refractivity contribution in [1.82, 2.24) is 14.8 Å². The summed E-state index contributed by atoms with van der Waals surface area (Å²) in [7, 11) is 1.91. The number of carbonyl (C=O) groups is 1. The van der Waals surface area contributed by atoms with Crippen molar-refractivity contribution in [3.63, 3.8) is 0 Å². The van der Waals surface area contributed by atoms with E-state index in [9.17, 15) is 4.79 Å². The normalized spacial score (nSPS) is 15.8.